The van der Waals surface area contributed by atoms with E-state index >= 15 is 0 Å². The Hall–Kier alpha value is -3.34. The number of imidazole rings is 2. The number of fused-ring (bicyclic) bond motifs is 8. The Kier molecular flexibility index (Phi) is 1.99. The molecule has 0 saturated carbocycles. The second-order valence-corrected chi connectivity index (χ2v) is 6.07. The van der Waals surface area contributed by atoms with E-state index < -0.39 is 0 Å². The van der Waals surface area contributed by atoms with Crippen LogP contribution in [-0.2, 0) is 7.05 Å². The predicted octanol–water partition coefficient (Wildman–Crippen LogP) is 4.27. The average Bonchev–Trinajstić information content (AvgIpc) is 3.24. The molecule has 24 heavy (non-hydrogen) atoms. The summed E-state index contributed by atoms with van der Waals surface area (Å²) in [6.07, 6.45) is 0. The second kappa shape index (κ2) is 3.94. The fraction of sp³-hybridized carbons (Fsp3) is 0.0526. The molecule has 0 fully saturated rings. The van der Waals surface area contributed by atoms with Gasteiger partial charge in [0.2, 0.25) is 5.78 Å². The standard InChI is InChI=1S/C19H12N4O/c1-22-14-10-16-17(11-6-2-5-9-15(11)24-16)21-18(14)23-13-8-4-3-7-12(13)20-19(22)23/h2-10H,1H3. The maximum Gasteiger partial charge on any atom is 0.216 e. The Morgan fingerprint density at radius 3 is 2.67 bits per heavy atom. The van der Waals surface area contributed by atoms with Gasteiger partial charge in [0.25, 0.3) is 0 Å². The van der Waals surface area contributed by atoms with Crippen molar-refractivity contribution in [2.75, 3.05) is 0 Å². The minimum Gasteiger partial charge on any atom is -0.454 e. The molecular formula is C19H12N4O. The number of pyridine rings is 1. The highest BCUT2D eigenvalue weighted by Crippen LogP contribution is 2.31. The van der Waals surface area contributed by atoms with Crippen molar-refractivity contribution in [2.24, 2.45) is 7.05 Å². The highest BCUT2D eigenvalue weighted by Gasteiger charge is 2.17. The number of hydrogen-bond donors (Lipinski definition) is 0. The lowest BCUT2D eigenvalue weighted by Crippen LogP contribution is -1.88. The maximum absolute atomic E-state index is 5.97. The quantitative estimate of drug-likeness (QED) is 0.421. The molecule has 0 N–H and O–H groups in total. The number of nitrogens with zero attached hydrogens (tertiary/aromatic N) is 4. The third kappa shape index (κ3) is 1.31. The molecule has 4 heterocycles. The number of rotatable bonds is 0. The summed E-state index contributed by atoms with van der Waals surface area (Å²) in [4.78, 5) is 9.69. The van der Waals surface area contributed by atoms with Crippen LogP contribution >= 0.6 is 0 Å². The van der Waals surface area contributed by atoms with Gasteiger partial charge in [0, 0.05) is 18.5 Å². The zero-order valence-electron chi connectivity index (χ0n) is 12.9. The van der Waals surface area contributed by atoms with Crippen molar-refractivity contribution in [2.45, 2.75) is 0 Å². The molecule has 6 rings (SSSR count). The van der Waals surface area contributed by atoms with Crippen LogP contribution in [0.2, 0.25) is 0 Å². The second-order valence-electron chi connectivity index (χ2n) is 6.07. The normalized spacial score (nSPS) is 12.4. The minimum absolute atomic E-state index is 0.803. The molecule has 0 aliphatic rings. The highest BCUT2D eigenvalue weighted by molar-refractivity contribution is 6.06. The number of benzene rings is 2. The van der Waals surface area contributed by atoms with Gasteiger partial charge in [-0.3, -0.25) is 4.40 Å². The summed E-state index contributed by atoms with van der Waals surface area (Å²) in [7, 11) is 2.01. The van der Waals surface area contributed by atoms with E-state index in [2.05, 4.69) is 21.1 Å². The lowest BCUT2D eigenvalue weighted by molar-refractivity contribution is 0.668. The Morgan fingerprint density at radius 2 is 1.71 bits per heavy atom. The smallest absolute Gasteiger partial charge is 0.216 e. The van der Waals surface area contributed by atoms with E-state index in [0.29, 0.717) is 0 Å². The molecule has 0 saturated heterocycles. The SMILES string of the molecule is Cn1c2cc3oc4ccccc4c3nc2n2c3ccccc3nc12. The predicted molar refractivity (Wildman–Crippen MR) is 94.2 cm³/mol. The van der Waals surface area contributed by atoms with E-state index in [-0.39, 0.29) is 0 Å². The van der Waals surface area contributed by atoms with Crippen molar-refractivity contribution >= 4 is 50.0 Å². The van der Waals surface area contributed by atoms with E-state index in [1.54, 1.807) is 0 Å². The Balaban J connectivity index is 1.91. The summed E-state index contributed by atoms with van der Waals surface area (Å²) in [6.45, 7) is 0. The molecule has 0 spiro atoms. The van der Waals surface area contributed by atoms with Gasteiger partial charge in [-0.25, -0.2) is 9.97 Å². The maximum atomic E-state index is 5.97. The minimum atomic E-state index is 0.803. The van der Waals surface area contributed by atoms with Crippen LogP contribution in [0.5, 0.6) is 0 Å². The zero-order valence-corrected chi connectivity index (χ0v) is 12.9. The van der Waals surface area contributed by atoms with Gasteiger partial charge in [-0.2, -0.15) is 0 Å². The molecule has 0 amide bonds. The third-order valence-corrected chi connectivity index (χ3v) is 4.73. The first-order valence-electron chi connectivity index (χ1n) is 7.85. The van der Waals surface area contributed by atoms with E-state index in [0.717, 1.165) is 50.0 Å². The van der Waals surface area contributed by atoms with Crippen LogP contribution in [0, 0.1) is 0 Å². The van der Waals surface area contributed by atoms with E-state index in [9.17, 15) is 0 Å². The van der Waals surface area contributed by atoms with Crippen molar-refractivity contribution in [3.63, 3.8) is 0 Å². The van der Waals surface area contributed by atoms with Crippen LogP contribution in [-0.4, -0.2) is 18.9 Å². The Labute approximate surface area is 135 Å². The first-order valence-corrected chi connectivity index (χ1v) is 7.85. The number of para-hydroxylation sites is 3. The first-order chi connectivity index (χ1) is 11.8. The molecule has 0 bridgehead atoms. The van der Waals surface area contributed by atoms with E-state index in [1.165, 1.54) is 0 Å². The Bertz CT molecular complexity index is 1420. The molecule has 0 atom stereocenters. The third-order valence-electron chi connectivity index (χ3n) is 4.73. The summed E-state index contributed by atoms with van der Waals surface area (Å²) in [5.74, 6) is 0.885. The van der Waals surface area contributed by atoms with Crippen LogP contribution in [0.25, 0.3) is 50.0 Å². The van der Waals surface area contributed by atoms with E-state index in [4.69, 9.17) is 14.4 Å². The first kappa shape index (κ1) is 12.1. The molecule has 5 nitrogen and oxygen atoms in total. The summed E-state index contributed by atoms with van der Waals surface area (Å²) in [5, 5.41) is 1.04. The Morgan fingerprint density at radius 1 is 0.875 bits per heavy atom. The highest BCUT2D eigenvalue weighted by atomic mass is 16.3. The molecule has 114 valence electrons. The molecule has 6 aromatic rings. The van der Waals surface area contributed by atoms with Crippen molar-refractivity contribution in [3.8, 4) is 0 Å². The molecule has 0 aliphatic heterocycles. The van der Waals surface area contributed by atoms with Gasteiger partial charge in [-0.05, 0) is 24.3 Å². The van der Waals surface area contributed by atoms with Crippen molar-refractivity contribution in [1.82, 2.24) is 18.9 Å². The van der Waals surface area contributed by atoms with Gasteiger partial charge in [0.1, 0.15) is 11.1 Å². The average molecular weight is 312 g/mol. The molecule has 5 heteroatoms. The largest absolute Gasteiger partial charge is 0.454 e. The van der Waals surface area contributed by atoms with Crippen LogP contribution in [0.3, 0.4) is 0 Å². The lowest BCUT2D eigenvalue weighted by Gasteiger charge is -1.96. The zero-order chi connectivity index (χ0) is 15.8. The monoisotopic (exact) mass is 312 g/mol. The van der Waals surface area contributed by atoms with Gasteiger partial charge in [0.05, 0.1) is 16.6 Å². The van der Waals surface area contributed by atoms with Crippen LogP contribution < -0.4 is 0 Å². The van der Waals surface area contributed by atoms with Gasteiger partial charge < -0.3 is 8.98 Å². The van der Waals surface area contributed by atoms with Gasteiger partial charge >= 0.3 is 0 Å². The van der Waals surface area contributed by atoms with Crippen molar-refractivity contribution in [1.29, 1.82) is 0 Å². The van der Waals surface area contributed by atoms with Gasteiger partial charge in [-0.15, -0.1) is 0 Å². The summed E-state index contributed by atoms with van der Waals surface area (Å²) in [5.41, 5.74) is 6.51. The number of furan rings is 1. The summed E-state index contributed by atoms with van der Waals surface area (Å²) < 4.78 is 10.2. The molecule has 4 aromatic heterocycles. The molecule has 2 aromatic carbocycles. The summed E-state index contributed by atoms with van der Waals surface area (Å²) >= 11 is 0. The van der Waals surface area contributed by atoms with Crippen molar-refractivity contribution < 1.29 is 4.42 Å². The molecule has 0 radical (unpaired) electrons. The summed E-state index contributed by atoms with van der Waals surface area (Å²) in [6, 6.07) is 18.2. The fourth-order valence-electron chi connectivity index (χ4n) is 3.58. The van der Waals surface area contributed by atoms with Crippen LogP contribution in [0.4, 0.5) is 0 Å². The molecule has 0 unspecified atom stereocenters. The van der Waals surface area contributed by atoms with Crippen LogP contribution in [0.1, 0.15) is 0 Å². The lowest BCUT2D eigenvalue weighted by atomic mass is 10.2. The van der Waals surface area contributed by atoms with Crippen LogP contribution in [0.15, 0.2) is 59.0 Å². The fourth-order valence-corrected chi connectivity index (χ4v) is 3.58. The molecule has 0 aliphatic carbocycles. The molecular weight excluding hydrogens is 300 g/mol. The number of aryl methyl sites for hydroxylation is 1. The van der Waals surface area contributed by atoms with Gasteiger partial charge in [-0.1, -0.05) is 24.3 Å². The topological polar surface area (TPSA) is 48.3 Å². The number of aromatic nitrogens is 4. The number of hydrogen-bond acceptors (Lipinski definition) is 3. The van der Waals surface area contributed by atoms with Gasteiger partial charge in [0.15, 0.2) is 11.2 Å². The van der Waals surface area contributed by atoms with E-state index in [1.807, 2.05) is 49.5 Å². The van der Waals surface area contributed by atoms with Crippen molar-refractivity contribution in [3.05, 3.63) is 54.6 Å².